The predicted molar refractivity (Wildman–Crippen MR) is 76.9 cm³/mol. The first kappa shape index (κ1) is 14.0. The molecular weight excluding hydrogens is 244 g/mol. The first-order chi connectivity index (χ1) is 8.61. The topological polar surface area (TPSA) is 38.5 Å². The predicted octanol–water partition coefficient (Wildman–Crippen LogP) is 2.64. The fourth-order valence-corrected chi connectivity index (χ4v) is 3.72. The van der Waals surface area contributed by atoms with Crippen LogP contribution < -0.4 is 5.73 Å². The van der Waals surface area contributed by atoms with Crippen LogP contribution in [0.1, 0.15) is 38.1 Å². The van der Waals surface area contributed by atoms with Crippen LogP contribution in [0.2, 0.25) is 0 Å². The van der Waals surface area contributed by atoms with Crippen molar-refractivity contribution in [1.82, 2.24) is 4.90 Å². The highest BCUT2D eigenvalue weighted by Gasteiger charge is 2.32. The van der Waals surface area contributed by atoms with Crippen molar-refractivity contribution < 1.29 is 4.74 Å². The second-order valence-corrected chi connectivity index (χ2v) is 6.22. The Morgan fingerprint density at radius 1 is 1.44 bits per heavy atom. The van der Waals surface area contributed by atoms with Gasteiger partial charge in [-0.2, -0.15) is 0 Å². The molecule has 2 N–H and O–H groups in total. The summed E-state index contributed by atoms with van der Waals surface area (Å²) in [4.78, 5) is 3.88. The van der Waals surface area contributed by atoms with E-state index in [9.17, 15) is 0 Å². The van der Waals surface area contributed by atoms with E-state index in [1.54, 1.807) is 0 Å². The van der Waals surface area contributed by atoms with Gasteiger partial charge < -0.3 is 10.5 Å². The highest BCUT2D eigenvalue weighted by molar-refractivity contribution is 7.10. The first-order valence-corrected chi connectivity index (χ1v) is 7.68. The molecule has 1 saturated heterocycles. The highest BCUT2D eigenvalue weighted by Crippen LogP contribution is 2.31. The van der Waals surface area contributed by atoms with Gasteiger partial charge >= 0.3 is 0 Å². The minimum absolute atomic E-state index is 0.196. The number of thiophene rings is 1. The molecular formula is C14H24N2OS. The zero-order chi connectivity index (χ0) is 13.1. The Morgan fingerprint density at radius 3 is 2.61 bits per heavy atom. The molecule has 1 aromatic rings. The SMILES string of the molecule is CCC(N)C(c1cccs1)N1CC(C)OC(C)C1. The smallest absolute Gasteiger partial charge is 0.0678 e. The van der Waals surface area contributed by atoms with E-state index in [4.69, 9.17) is 10.5 Å². The summed E-state index contributed by atoms with van der Waals surface area (Å²) in [6.45, 7) is 8.40. The molecule has 0 spiro atoms. The molecule has 2 heterocycles. The van der Waals surface area contributed by atoms with E-state index in [2.05, 4.69) is 43.2 Å². The van der Waals surface area contributed by atoms with Crippen molar-refractivity contribution in [2.45, 2.75) is 51.5 Å². The third kappa shape index (κ3) is 3.12. The standard InChI is InChI=1S/C14H24N2OS/c1-4-12(15)14(13-6-5-7-18-13)16-8-10(2)17-11(3)9-16/h5-7,10-12,14H,4,8-9,15H2,1-3H3. The lowest BCUT2D eigenvalue weighted by Crippen LogP contribution is -2.51. The quantitative estimate of drug-likeness (QED) is 0.912. The fraction of sp³-hybridized carbons (Fsp3) is 0.714. The van der Waals surface area contributed by atoms with Gasteiger partial charge in [0.2, 0.25) is 0 Å². The van der Waals surface area contributed by atoms with Crippen molar-refractivity contribution in [3.05, 3.63) is 22.4 Å². The van der Waals surface area contributed by atoms with Crippen molar-refractivity contribution in [3.63, 3.8) is 0 Å². The molecule has 2 rings (SSSR count). The molecule has 102 valence electrons. The second kappa shape index (κ2) is 6.15. The number of nitrogens with two attached hydrogens (primary N) is 1. The lowest BCUT2D eigenvalue weighted by Gasteiger charge is -2.41. The number of nitrogens with zero attached hydrogens (tertiary/aromatic N) is 1. The summed E-state index contributed by atoms with van der Waals surface area (Å²) in [6, 6.07) is 4.85. The van der Waals surface area contributed by atoms with Crippen molar-refractivity contribution in [2.24, 2.45) is 5.73 Å². The Morgan fingerprint density at radius 2 is 2.11 bits per heavy atom. The van der Waals surface area contributed by atoms with E-state index in [-0.39, 0.29) is 6.04 Å². The lowest BCUT2D eigenvalue weighted by molar-refractivity contribution is -0.0834. The third-order valence-corrected chi connectivity index (χ3v) is 4.50. The summed E-state index contributed by atoms with van der Waals surface area (Å²) in [7, 11) is 0. The molecule has 0 radical (unpaired) electrons. The van der Waals surface area contributed by atoms with Gasteiger partial charge in [-0.3, -0.25) is 4.90 Å². The number of hydrogen-bond acceptors (Lipinski definition) is 4. The summed E-state index contributed by atoms with van der Waals surface area (Å²) in [6.07, 6.45) is 1.59. The monoisotopic (exact) mass is 268 g/mol. The Kier molecular flexibility index (Phi) is 4.78. The molecule has 3 nitrogen and oxygen atoms in total. The van der Waals surface area contributed by atoms with Crippen LogP contribution in [0.5, 0.6) is 0 Å². The molecule has 4 heteroatoms. The maximum absolute atomic E-state index is 6.35. The van der Waals surface area contributed by atoms with Gasteiger partial charge in [-0.15, -0.1) is 11.3 Å². The van der Waals surface area contributed by atoms with Crippen LogP contribution in [-0.4, -0.2) is 36.2 Å². The molecule has 18 heavy (non-hydrogen) atoms. The van der Waals surface area contributed by atoms with Crippen LogP contribution in [0.4, 0.5) is 0 Å². The average molecular weight is 268 g/mol. The molecule has 0 bridgehead atoms. The van der Waals surface area contributed by atoms with Crippen LogP contribution in [0.3, 0.4) is 0 Å². The summed E-state index contributed by atoms with van der Waals surface area (Å²) in [5, 5.41) is 2.14. The van der Waals surface area contributed by atoms with Crippen molar-refractivity contribution >= 4 is 11.3 Å². The normalized spacial score (nSPS) is 29.1. The van der Waals surface area contributed by atoms with Crippen LogP contribution in [0.25, 0.3) is 0 Å². The van der Waals surface area contributed by atoms with E-state index in [1.807, 2.05) is 11.3 Å². The van der Waals surface area contributed by atoms with Crippen molar-refractivity contribution in [2.75, 3.05) is 13.1 Å². The molecule has 4 unspecified atom stereocenters. The molecule has 0 aromatic carbocycles. The van der Waals surface area contributed by atoms with E-state index in [1.165, 1.54) is 4.88 Å². The Hall–Kier alpha value is -0.420. The van der Waals surface area contributed by atoms with Gasteiger partial charge in [0.1, 0.15) is 0 Å². The minimum atomic E-state index is 0.196. The molecule has 1 aromatic heterocycles. The van der Waals surface area contributed by atoms with Gasteiger partial charge in [-0.05, 0) is 31.7 Å². The number of morpholine rings is 1. The molecule has 0 amide bonds. The van der Waals surface area contributed by atoms with E-state index in [0.717, 1.165) is 19.5 Å². The van der Waals surface area contributed by atoms with Crippen LogP contribution in [-0.2, 0) is 4.74 Å². The van der Waals surface area contributed by atoms with Gasteiger partial charge in [0.15, 0.2) is 0 Å². The van der Waals surface area contributed by atoms with Gasteiger partial charge in [0.05, 0.1) is 18.2 Å². The zero-order valence-corrected chi connectivity index (χ0v) is 12.3. The van der Waals surface area contributed by atoms with E-state index >= 15 is 0 Å². The van der Waals surface area contributed by atoms with E-state index < -0.39 is 0 Å². The van der Waals surface area contributed by atoms with Crippen molar-refractivity contribution in [1.29, 1.82) is 0 Å². The molecule has 1 aliphatic heterocycles. The number of rotatable bonds is 4. The van der Waals surface area contributed by atoms with Crippen LogP contribution >= 0.6 is 11.3 Å². The second-order valence-electron chi connectivity index (χ2n) is 5.24. The van der Waals surface area contributed by atoms with Gasteiger partial charge in [-0.1, -0.05) is 13.0 Å². The number of ether oxygens (including phenoxy) is 1. The number of hydrogen-bond donors (Lipinski definition) is 1. The average Bonchev–Trinajstić information content (AvgIpc) is 2.81. The van der Waals surface area contributed by atoms with E-state index in [0.29, 0.717) is 18.2 Å². The van der Waals surface area contributed by atoms with Gasteiger partial charge in [0, 0.05) is 24.0 Å². The Bertz CT molecular complexity index is 345. The summed E-state index contributed by atoms with van der Waals surface area (Å²) < 4.78 is 5.82. The van der Waals surface area contributed by atoms with Gasteiger partial charge in [0.25, 0.3) is 0 Å². The van der Waals surface area contributed by atoms with Crippen molar-refractivity contribution in [3.8, 4) is 0 Å². The first-order valence-electron chi connectivity index (χ1n) is 6.80. The maximum atomic E-state index is 6.35. The fourth-order valence-electron chi connectivity index (χ4n) is 2.79. The lowest BCUT2D eigenvalue weighted by atomic mass is 10.0. The van der Waals surface area contributed by atoms with Gasteiger partial charge in [-0.25, -0.2) is 0 Å². The summed E-state index contributed by atoms with van der Waals surface area (Å²) in [5.74, 6) is 0. The molecule has 1 aliphatic rings. The zero-order valence-electron chi connectivity index (χ0n) is 11.5. The Labute approximate surface area is 114 Å². The summed E-state index contributed by atoms with van der Waals surface area (Å²) in [5.41, 5.74) is 6.35. The summed E-state index contributed by atoms with van der Waals surface area (Å²) >= 11 is 1.81. The van der Waals surface area contributed by atoms with Crippen LogP contribution in [0, 0.1) is 0 Å². The maximum Gasteiger partial charge on any atom is 0.0678 e. The largest absolute Gasteiger partial charge is 0.373 e. The molecule has 1 fully saturated rings. The molecule has 0 saturated carbocycles. The highest BCUT2D eigenvalue weighted by atomic mass is 32.1. The minimum Gasteiger partial charge on any atom is -0.373 e. The third-order valence-electron chi connectivity index (χ3n) is 3.55. The Balaban J connectivity index is 2.18. The molecule has 4 atom stereocenters. The van der Waals surface area contributed by atoms with Crippen LogP contribution in [0.15, 0.2) is 17.5 Å². The molecule has 0 aliphatic carbocycles.